The Morgan fingerprint density at radius 1 is 1.53 bits per heavy atom. The van der Waals surface area contributed by atoms with E-state index in [4.69, 9.17) is 4.74 Å². The summed E-state index contributed by atoms with van der Waals surface area (Å²) in [5, 5.41) is 13.1. The van der Waals surface area contributed by atoms with E-state index in [1.165, 1.54) is 31.4 Å². The van der Waals surface area contributed by atoms with Crippen LogP contribution in [0.25, 0.3) is 0 Å². The van der Waals surface area contributed by atoms with Gasteiger partial charge < -0.3 is 10.1 Å². The topological polar surface area (TPSA) is 81.5 Å². The molecule has 0 spiro atoms. The number of carbonyl (C=O) groups is 1. The Morgan fingerprint density at radius 3 is 2.76 bits per heavy atom. The van der Waals surface area contributed by atoms with Crippen LogP contribution in [0.3, 0.4) is 0 Å². The maximum absolute atomic E-state index is 11.3. The van der Waals surface area contributed by atoms with E-state index in [1.54, 1.807) is 13.0 Å². The van der Waals surface area contributed by atoms with Crippen molar-refractivity contribution in [3.8, 4) is 5.75 Å². The van der Waals surface area contributed by atoms with Crippen molar-refractivity contribution < 1.29 is 14.5 Å². The Labute approximate surface area is 98.0 Å². The molecule has 0 aromatic heterocycles. The molecule has 0 aliphatic heterocycles. The summed E-state index contributed by atoms with van der Waals surface area (Å²) in [5.41, 5.74) is 0.159. The lowest BCUT2D eigenvalue weighted by Crippen LogP contribution is -2.09. The zero-order chi connectivity index (χ0) is 12.8. The highest BCUT2D eigenvalue weighted by atomic mass is 16.6. The van der Waals surface area contributed by atoms with Crippen LogP contribution in [0.15, 0.2) is 30.4 Å². The van der Waals surface area contributed by atoms with Gasteiger partial charge >= 0.3 is 0 Å². The molecule has 17 heavy (non-hydrogen) atoms. The van der Waals surface area contributed by atoms with Crippen LogP contribution in [0, 0.1) is 10.1 Å². The Bertz CT molecular complexity index is 469. The molecule has 0 aliphatic carbocycles. The van der Waals surface area contributed by atoms with E-state index in [0.29, 0.717) is 5.75 Å². The molecule has 1 aromatic carbocycles. The summed E-state index contributed by atoms with van der Waals surface area (Å²) in [6, 6.07) is 3.99. The number of nitro benzene ring substituents is 1. The third-order valence-electron chi connectivity index (χ3n) is 1.97. The van der Waals surface area contributed by atoms with E-state index in [1.807, 2.05) is 0 Å². The van der Waals surface area contributed by atoms with Gasteiger partial charge in [0.15, 0.2) is 0 Å². The molecular weight excluding hydrogens is 224 g/mol. The highest BCUT2D eigenvalue weighted by Gasteiger charge is 2.12. The van der Waals surface area contributed by atoms with Gasteiger partial charge in [0.25, 0.3) is 5.69 Å². The summed E-state index contributed by atoms with van der Waals surface area (Å²) in [5.74, 6) is -0.000231. The molecule has 6 heteroatoms. The van der Waals surface area contributed by atoms with Gasteiger partial charge in [-0.15, -0.1) is 0 Å². The van der Waals surface area contributed by atoms with Gasteiger partial charge in [-0.25, -0.2) is 0 Å². The molecule has 1 N–H and O–H groups in total. The van der Waals surface area contributed by atoms with Gasteiger partial charge in [-0.1, -0.05) is 6.08 Å². The second-order valence-electron chi connectivity index (χ2n) is 3.13. The second-order valence-corrected chi connectivity index (χ2v) is 3.13. The second kappa shape index (κ2) is 5.64. The minimum atomic E-state index is -0.537. The fourth-order valence-electron chi connectivity index (χ4n) is 1.23. The van der Waals surface area contributed by atoms with E-state index in [9.17, 15) is 14.9 Å². The first-order chi connectivity index (χ1) is 8.08. The van der Waals surface area contributed by atoms with Crippen molar-refractivity contribution >= 4 is 17.3 Å². The number of carbonyl (C=O) groups excluding carboxylic acids is 1. The zero-order valence-corrected chi connectivity index (χ0v) is 9.47. The lowest BCUT2D eigenvalue weighted by Gasteiger charge is -2.08. The number of rotatable bonds is 4. The van der Waals surface area contributed by atoms with Crippen molar-refractivity contribution in [2.75, 3.05) is 12.4 Å². The minimum Gasteiger partial charge on any atom is -0.495 e. The van der Waals surface area contributed by atoms with Crippen molar-refractivity contribution in [3.05, 3.63) is 40.5 Å². The van der Waals surface area contributed by atoms with Gasteiger partial charge in [0.05, 0.1) is 17.7 Å². The minimum absolute atomic E-state index is 0.110. The predicted octanol–water partition coefficient (Wildman–Crippen LogP) is 2.12. The molecule has 0 heterocycles. The Balaban J connectivity index is 3.05. The number of hydrogen-bond acceptors (Lipinski definition) is 4. The molecule has 90 valence electrons. The Kier molecular flexibility index (Phi) is 4.21. The quantitative estimate of drug-likeness (QED) is 0.493. The SMILES string of the molecule is C/C=C\C(=O)Nc1cc([N+](=O)[O-])ccc1OC. The normalized spacial score (nSPS) is 10.2. The lowest BCUT2D eigenvalue weighted by atomic mass is 10.2. The summed E-state index contributed by atoms with van der Waals surface area (Å²) in [4.78, 5) is 21.4. The van der Waals surface area contributed by atoms with Crippen LogP contribution < -0.4 is 10.1 Å². The third-order valence-corrected chi connectivity index (χ3v) is 1.97. The van der Waals surface area contributed by atoms with E-state index in [-0.39, 0.29) is 17.3 Å². The smallest absolute Gasteiger partial charge is 0.271 e. The summed E-state index contributed by atoms with van der Waals surface area (Å²) in [6.45, 7) is 1.70. The van der Waals surface area contributed by atoms with Crippen LogP contribution >= 0.6 is 0 Å². The summed E-state index contributed by atoms with van der Waals surface area (Å²) in [6.07, 6.45) is 2.89. The number of hydrogen-bond donors (Lipinski definition) is 1. The van der Waals surface area contributed by atoms with Gasteiger partial charge in [0.1, 0.15) is 5.75 Å². The highest BCUT2D eigenvalue weighted by molar-refractivity contribution is 6.00. The summed E-state index contributed by atoms with van der Waals surface area (Å²) >= 11 is 0. The molecule has 0 aliphatic rings. The van der Waals surface area contributed by atoms with Gasteiger partial charge in [-0.3, -0.25) is 14.9 Å². The zero-order valence-electron chi connectivity index (χ0n) is 9.47. The summed E-state index contributed by atoms with van der Waals surface area (Å²) < 4.78 is 5.00. The molecule has 1 rings (SSSR count). The van der Waals surface area contributed by atoms with Crippen LogP contribution in [-0.2, 0) is 4.79 Å². The predicted molar refractivity (Wildman–Crippen MR) is 63.1 cm³/mol. The standard InChI is InChI=1S/C11H12N2O4/c1-3-4-11(14)12-9-7-8(13(15)16)5-6-10(9)17-2/h3-7H,1-2H3,(H,12,14)/b4-3-. The van der Waals surface area contributed by atoms with Crippen LogP contribution in [0.1, 0.15) is 6.92 Å². The number of nitro groups is 1. The molecule has 1 amide bonds. The fourth-order valence-corrected chi connectivity index (χ4v) is 1.23. The van der Waals surface area contributed by atoms with Gasteiger partial charge in [-0.2, -0.15) is 0 Å². The number of benzene rings is 1. The van der Waals surface area contributed by atoms with E-state index in [0.717, 1.165) is 0 Å². The molecule has 6 nitrogen and oxygen atoms in total. The van der Waals surface area contributed by atoms with Crippen LogP contribution in [0.4, 0.5) is 11.4 Å². The van der Waals surface area contributed by atoms with Gasteiger partial charge in [-0.05, 0) is 19.1 Å². The van der Waals surface area contributed by atoms with Crippen molar-refractivity contribution in [2.45, 2.75) is 6.92 Å². The van der Waals surface area contributed by atoms with Gasteiger partial charge in [0.2, 0.25) is 5.91 Å². The molecule has 0 radical (unpaired) electrons. The molecule has 0 fully saturated rings. The van der Waals surface area contributed by atoms with E-state index >= 15 is 0 Å². The first kappa shape index (κ1) is 12.7. The average Bonchev–Trinajstić information content (AvgIpc) is 2.29. The van der Waals surface area contributed by atoms with Crippen molar-refractivity contribution in [1.29, 1.82) is 0 Å². The number of methoxy groups -OCH3 is 1. The Hall–Kier alpha value is -2.37. The first-order valence-electron chi connectivity index (χ1n) is 4.84. The van der Waals surface area contributed by atoms with Gasteiger partial charge in [0, 0.05) is 12.1 Å². The first-order valence-corrected chi connectivity index (χ1v) is 4.84. The van der Waals surface area contributed by atoms with Crippen molar-refractivity contribution in [3.63, 3.8) is 0 Å². The highest BCUT2D eigenvalue weighted by Crippen LogP contribution is 2.28. The number of nitrogens with one attached hydrogen (secondary N) is 1. The van der Waals surface area contributed by atoms with Crippen LogP contribution in [-0.4, -0.2) is 17.9 Å². The fraction of sp³-hybridized carbons (Fsp3) is 0.182. The molecule has 0 unspecified atom stereocenters. The Morgan fingerprint density at radius 2 is 2.24 bits per heavy atom. The number of nitrogens with zero attached hydrogens (tertiary/aromatic N) is 1. The lowest BCUT2D eigenvalue weighted by molar-refractivity contribution is -0.384. The number of allylic oxidation sites excluding steroid dienone is 1. The largest absolute Gasteiger partial charge is 0.495 e. The molecule has 0 saturated heterocycles. The molecule has 0 saturated carbocycles. The summed E-state index contributed by atoms with van der Waals surface area (Å²) in [7, 11) is 1.42. The maximum atomic E-state index is 11.3. The molecular formula is C11H12N2O4. The van der Waals surface area contributed by atoms with Crippen molar-refractivity contribution in [1.82, 2.24) is 0 Å². The number of amides is 1. The van der Waals surface area contributed by atoms with E-state index < -0.39 is 4.92 Å². The number of non-ortho nitro benzene ring substituents is 1. The molecule has 0 bridgehead atoms. The van der Waals surface area contributed by atoms with E-state index in [2.05, 4.69) is 5.32 Å². The van der Waals surface area contributed by atoms with Crippen LogP contribution in [0.5, 0.6) is 5.75 Å². The van der Waals surface area contributed by atoms with Crippen LogP contribution in [0.2, 0.25) is 0 Å². The maximum Gasteiger partial charge on any atom is 0.271 e. The molecule has 1 aromatic rings. The average molecular weight is 236 g/mol. The number of anilines is 1. The monoisotopic (exact) mass is 236 g/mol. The third kappa shape index (κ3) is 3.30. The number of ether oxygens (including phenoxy) is 1. The molecule has 0 atom stereocenters. The van der Waals surface area contributed by atoms with Crippen molar-refractivity contribution in [2.24, 2.45) is 0 Å².